The molecular formula is C13H13N5O2. The van der Waals surface area contributed by atoms with Crippen LogP contribution in [0, 0.1) is 0 Å². The molecule has 2 heterocycles. The molecule has 1 aromatic heterocycles. The maximum Gasteiger partial charge on any atom is 0.249 e. The lowest BCUT2D eigenvalue weighted by molar-refractivity contribution is -0.133. The molecule has 7 nitrogen and oxygen atoms in total. The van der Waals surface area contributed by atoms with Gasteiger partial charge in [0.2, 0.25) is 17.8 Å². The molecule has 1 atom stereocenters. The summed E-state index contributed by atoms with van der Waals surface area (Å²) in [7, 11) is 0. The van der Waals surface area contributed by atoms with E-state index in [-0.39, 0.29) is 17.8 Å². The normalized spacial score (nSPS) is 18.9. The number of anilines is 2. The van der Waals surface area contributed by atoms with E-state index in [1.54, 1.807) is 0 Å². The molecule has 0 bridgehead atoms. The average Bonchev–Trinajstić information content (AvgIpc) is 2.41. The first kappa shape index (κ1) is 12.3. The SMILES string of the molecule is Nc1nc(NC2CCC(=O)NC2=O)c2ccccc2n1. The molecule has 7 heteroatoms. The predicted molar refractivity (Wildman–Crippen MR) is 73.7 cm³/mol. The fourth-order valence-corrected chi connectivity index (χ4v) is 2.20. The Bertz CT molecular complexity index is 700. The summed E-state index contributed by atoms with van der Waals surface area (Å²) in [6.45, 7) is 0. The van der Waals surface area contributed by atoms with Crippen LogP contribution in [0.25, 0.3) is 10.9 Å². The molecule has 1 aromatic carbocycles. The molecule has 0 spiro atoms. The van der Waals surface area contributed by atoms with Crippen LogP contribution >= 0.6 is 0 Å². The molecule has 2 aromatic rings. The minimum Gasteiger partial charge on any atom is -0.368 e. The second-order valence-electron chi connectivity index (χ2n) is 4.60. The molecule has 3 rings (SSSR count). The van der Waals surface area contributed by atoms with Gasteiger partial charge in [-0.05, 0) is 18.6 Å². The first-order chi connectivity index (χ1) is 9.63. The van der Waals surface area contributed by atoms with E-state index in [0.29, 0.717) is 24.2 Å². The summed E-state index contributed by atoms with van der Waals surface area (Å²) in [6, 6.07) is 6.89. The van der Waals surface area contributed by atoms with E-state index in [1.807, 2.05) is 24.3 Å². The van der Waals surface area contributed by atoms with Crippen molar-refractivity contribution in [1.82, 2.24) is 15.3 Å². The smallest absolute Gasteiger partial charge is 0.249 e. The van der Waals surface area contributed by atoms with Crippen molar-refractivity contribution in [1.29, 1.82) is 0 Å². The quantitative estimate of drug-likeness (QED) is 0.683. The van der Waals surface area contributed by atoms with Crippen molar-refractivity contribution < 1.29 is 9.59 Å². The molecule has 20 heavy (non-hydrogen) atoms. The molecule has 0 saturated carbocycles. The van der Waals surface area contributed by atoms with Gasteiger partial charge in [-0.15, -0.1) is 0 Å². The Morgan fingerprint density at radius 1 is 1.25 bits per heavy atom. The first-order valence-corrected chi connectivity index (χ1v) is 6.26. The molecule has 1 unspecified atom stereocenters. The lowest BCUT2D eigenvalue weighted by Crippen LogP contribution is -2.47. The number of amides is 2. The van der Waals surface area contributed by atoms with Gasteiger partial charge in [0.1, 0.15) is 11.9 Å². The van der Waals surface area contributed by atoms with Crippen LogP contribution in [-0.4, -0.2) is 27.8 Å². The van der Waals surface area contributed by atoms with Crippen LogP contribution in [0.1, 0.15) is 12.8 Å². The zero-order chi connectivity index (χ0) is 14.1. The molecule has 2 amide bonds. The summed E-state index contributed by atoms with van der Waals surface area (Å²) < 4.78 is 0. The van der Waals surface area contributed by atoms with Crippen LogP contribution < -0.4 is 16.4 Å². The number of benzene rings is 1. The molecule has 0 aliphatic carbocycles. The fourth-order valence-electron chi connectivity index (χ4n) is 2.20. The number of nitrogen functional groups attached to an aromatic ring is 1. The fraction of sp³-hybridized carbons (Fsp3) is 0.231. The van der Waals surface area contributed by atoms with E-state index in [1.165, 1.54) is 0 Å². The highest BCUT2D eigenvalue weighted by Crippen LogP contribution is 2.22. The van der Waals surface area contributed by atoms with Gasteiger partial charge in [0.25, 0.3) is 0 Å². The highest BCUT2D eigenvalue weighted by Gasteiger charge is 2.27. The van der Waals surface area contributed by atoms with Crippen LogP contribution in [0.3, 0.4) is 0 Å². The number of rotatable bonds is 2. The maximum absolute atomic E-state index is 11.8. The van der Waals surface area contributed by atoms with Crippen molar-refractivity contribution in [3.63, 3.8) is 0 Å². The van der Waals surface area contributed by atoms with Crippen molar-refractivity contribution >= 4 is 34.5 Å². The van der Waals surface area contributed by atoms with Crippen molar-refractivity contribution in [2.75, 3.05) is 11.1 Å². The van der Waals surface area contributed by atoms with Crippen LogP contribution in [0.15, 0.2) is 24.3 Å². The Morgan fingerprint density at radius 2 is 2.05 bits per heavy atom. The molecule has 1 aliphatic heterocycles. The summed E-state index contributed by atoms with van der Waals surface area (Å²) in [5, 5.41) is 6.12. The Morgan fingerprint density at radius 3 is 2.85 bits per heavy atom. The lowest BCUT2D eigenvalue weighted by atomic mass is 10.1. The zero-order valence-corrected chi connectivity index (χ0v) is 10.6. The van der Waals surface area contributed by atoms with Gasteiger partial charge in [-0.3, -0.25) is 14.9 Å². The van der Waals surface area contributed by atoms with Gasteiger partial charge < -0.3 is 11.1 Å². The number of para-hydroxylation sites is 1. The third-order valence-corrected chi connectivity index (χ3v) is 3.17. The van der Waals surface area contributed by atoms with E-state index in [4.69, 9.17) is 5.73 Å². The average molecular weight is 271 g/mol. The summed E-state index contributed by atoms with van der Waals surface area (Å²) in [5.41, 5.74) is 6.37. The summed E-state index contributed by atoms with van der Waals surface area (Å²) in [5.74, 6) is 0.0451. The van der Waals surface area contributed by atoms with Crippen molar-refractivity contribution in [3.05, 3.63) is 24.3 Å². The van der Waals surface area contributed by atoms with E-state index >= 15 is 0 Å². The number of aromatic nitrogens is 2. The Kier molecular flexibility index (Phi) is 2.94. The van der Waals surface area contributed by atoms with Gasteiger partial charge in [0, 0.05) is 11.8 Å². The van der Waals surface area contributed by atoms with Crippen molar-refractivity contribution in [2.24, 2.45) is 0 Å². The topological polar surface area (TPSA) is 110 Å². The highest BCUT2D eigenvalue weighted by molar-refractivity contribution is 6.02. The molecule has 1 aliphatic rings. The molecule has 0 radical (unpaired) electrons. The number of fused-ring (bicyclic) bond motifs is 1. The van der Waals surface area contributed by atoms with Crippen LogP contribution in [0.4, 0.5) is 11.8 Å². The van der Waals surface area contributed by atoms with Gasteiger partial charge in [-0.25, -0.2) is 4.98 Å². The number of carbonyl (C=O) groups is 2. The standard InChI is InChI=1S/C13H13N5O2/c14-13-16-8-4-2-1-3-7(8)11(18-13)15-9-5-6-10(19)17-12(9)20/h1-4,9H,5-6H2,(H,17,19,20)(H3,14,15,16,18). The minimum absolute atomic E-state index is 0.137. The molecule has 102 valence electrons. The number of nitrogens with one attached hydrogen (secondary N) is 2. The number of hydrogen-bond donors (Lipinski definition) is 3. The Balaban J connectivity index is 1.94. The Labute approximate surface area is 114 Å². The van der Waals surface area contributed by atoms with E-state index in [2.05, 4.69) is 20.6 Å². The maximum atomic E-state index is 11.8. The molecular weight excluding hydrogens is 258 g/mol. The van der Waals surface area contributed by atoms with Crippen molar-refractivity contribution in [2.45, 2.75) is 18.9 Å². The zero-order valence-electron chi connectivity index (χ0n) is 10.6. The second-order valence-corrected chi connectivity index (χ2v) is 4.60. The van der Waals surface area contributed by atoms with E-state index < -0.39 is 6.04 Å². The van der Waals surface area contributed by atoms with Crippen LogP contribution in [-0.2, 0) is 9.59 Å². The number of nitrogens with zero attached hydrogens (tertiary/aromatic N) is 2. The third-order valence-electron chi connectivity index (χ3n) is 3.17. The van der Waals surface area contributed by atoms with Gasteiger partial charge in [0.05, 0.1) is 5.52 Å². The predicted octanol–water partition coefficient (Wildman–Crippen LogP) is 0.429. The number of nitrogens with two attached hydrogens (primary N) is 1. The number of carbonyl (C=O) groups excluding carboxylic acids is 2. The molecule has 4 N–H and O–H groups in total. The van der Waals surface area contributed by atoms with Gasteiger partial charge in [0.15, 0.2) is 0 Å². The summed E-state index contributed by atoms with van der Waals surface area (Å²) >= 11 is 0. The lowest BCUT2D eigenvalue weighted by Gasteiger charge is -2.22. The first-order valence-electron chi connectivity index (χ1n) is 6.26. The largest absolute Gasteiger partial charge is 0.368 e. The number of imide groups is 1. The van der Waals surface area contributed by atoms with E-state index in [9.17, 15) is 9.59 Å². The Hall–Kier alpha value is -2.70. The van der Waals surface area contributed by atoms with Gasteiger partial charge >= 0.3 is 0 Å². The van der Waals surface area contributed by atoms with Gasteiger partial charge in [-0.1, -0.05) is 12.1 Å². The monoisotopic (exact) mass is 271 g/mol. The molecule has 1 saturated heterocycles. The summed E-state index contributed by atoms with van der Waals surface area (Å²) in [6.07, 6.45) is 0.741. The van der Waals surface area contributed by atoms with Crippen LogP contribution in [0.2, 0.25) is 0 Å². The van der Waals surface area contributed by atoms with Crippen LogP contribution in [0.5, 0.6) is 0 Å². The van der Waals surface area contributed by atoms with E-state index in [0.717, 1.165) is 5.39 Å². The summed E-state index contributed by atoms with van der Waals surface area (Å²) in [4.78, 5) is 31.2. The molecule has 1 fully saturated rings. The minimum atomic E-state index is -0.495. The number of piperidine rings is 1. The highest BCUT2D eigenvalue weighted by atomic mass is 16.2. The third kappa shape index (κ3) is 2.25. The second kappa shape index (κ2) is 4.76. The van der Waals surface area contributed by atoms with Gasteiger partial charge in [-0.2, -0.15) is 4.98 Å². The van der Waals surface area contributed by atoms with Crippen molar-refractivity contribution in [3.8, 4) is 0 Å². The number of hydrogen-bond acceptors (Lipinski definition) is 6.